The number of aliphatic hydroxyl groups is 2. The third-order valence-electron chi connectivity index (χ3n) is 16.1. The van der Waals surface area contributed by atoms with E-state index in [4.69, 9.17) is 9.47 Å². The molecule has 3 amide bonds. The summed E-state index contributed by atoms with van der Waals surface area (Å²) in [5.74, 6) is -2.93. The summed E-state index contributed by atoms with van der Waals surface area (Å²) in [7, 11) is 0. The molecule has 8 aliphatic rings. The quantitative estimate of drug-likeness (QED) is 0.113. The Morgan fingerprint density at radius 2 is 1.87 bits per heavy atom. The number of benzene rings is 1. The average molecular weight is 888 g/mol. The molecular formula is C48H61N3O11S. The van der Waals surface area contributed by atoms with Gasteiger partial charge in [-0.15, -0.1) is 18.3 Å². The van der Waals surface area contributed by atoms with Crippen LogP contribution in [-0.2, 0) is 44.7 Å². The number of rotatable bonds is 18. The lowest BCUT2D eigenvalue weighted by molar-refractivity contribution is -0.323. The van der Waals surface area contributed by atoms with Gasteiger partial charge in [0.1, 0.15) is 12.6 Å². The van der Waals surface area contributed by atoms with Crippen LogP contribution in [0.15, 0.2) is 60.7 Å². The fourth-order valence-corrected chi connectivity index (χ4v) is 14.3. The van der Waals surface area contributed by atoms with Crippen molar-refractivity contribution in [1.82, 2.24) is 10.6 Å². The molecule has 15 heteroatoms. The zero-order valence-corrected chi connectivity index (χ0v) is 37.2. The Bertz CT molecular complexity index is 2120. The Labute approximate surface area is 372 Å². The minimum absolute atomic E-state index is 0.0193. The van der Waals surface area contributed by atoms with E-state index < -0.39 is 71.1 Å². The van der Waals surface area contributed by atoms with E-state index in [1.165, 1.54) is 11.8 Å². The van der Waals surface area contributed by atoms with Gasteiger partial charge < -0.3 is 40.7 Å². The van der Waals surface area contributed by atoms with Gasteiger partial charge in [0, 0.05) is 39.5 Å². The first-order chi connectivity index (χ1) is 29.9. The summed E-state index contributed by atoms with van der Waals surface area (Å²) in [4.78, 5) is 76.3. The number of ether oxygens (including phenoxy) is 2. The van der Waals surface area contributed by atoms with Gasteiger partial charge in [0.2, 0.25) is 17.7 Å². The number of nitrogens with one attached hydrogen (secondary N) is 3. The molecule has 2 bridgehead atoms. The highest BCUT2D eigenvalue weighted by Gasteiger charge is 2.80. The molecule has 1 saturated heterocycles. The van der Waals surface area contributed by atoms with Gasteiger partial charge in [0.05, 0.1) is 24.5 Å². The van der Waals surface area contributed by atoms with E-state index in [-0.39, 0.29) is 70.7 Å². The van der Waals surface area contributed by atoms with Crippen LogP contribution in [-0.4, -0.2) is 105 Å². The molecule has 7 fully saturated rings. The molecular weight excluding hydrogens is 827 g/mol. The average Bonchev–Trinajstić information content (AvgIpc) is 3.72. The maximum atomic E-state index is 14.1. The summed E-state index contributed by atoms with van der Waals surface area (Å²) in [5, 5.41) is 39.8. The smallest absolute Gasteiger partial charge is 0.303 e. The van der Waals surface area contributed by atoms with E-state index in [0.29, 0.717) is 18.5 Å². The number of amides is 3. The number of carbonyl (C=O) groups is 6. The van der Waals surface area contributed by atoms with Gasteiger partial charge in [-0.2, -0.15) is 0 Å². The van der Waals surface area contributed by atoms with Crippen LogP contribution in [0.2, 0.25) is 0 Å². The molecule has 14 nitrogen and oxygen atoms in total. The Hall–Kier alpha value is -4.15. The molecule has 1 aromatic rings. The molecule has 6 N–H and O–H groups in total. The van der Waals surface area contributed by atoms with Gasteiger partial charge in [-0.05, 0) is 111 Å². The van der Waals surface area contributed by atoms with E-state index in [1.54, 1.807) is 24.3 Å². The van der Waals surface area contributed by atoms with Gasteiger partial charge in [0.25, 0.3) is 0 Å². The van der Waals surface area contributed by atoms with E-state index >= 15 is 0 Å². The van der Waals surface area contributed by atoms with Gasteiger partial charge in [-0.1, -0.05) is 50.6 Å². The van der Waals surface area contributed by atoms with Crippen LogP contribution in [0.1, 0.15) is 90.5 Å². The lowest BCUT2D eigenvalue weighted by Crippen LogP contribution is -2.69. The van der Waals surface area contributed by atoms with Crippen molar-refractivity contribution in [3.8, 4) is 0 Å². The van der Waals surface area contributed by atoms with Crippen molar-refractivity contribution in [2.45, 2.75) is 127 Å². The lowest BCUT2D eigenvalue weighted by atomic mass is 9.33. The van der Waals surface area contributed by atoms with Gasteiger partial charge in [-0.3, -0.25) is 28.8 Å². The number of carboxylic acid groups (broad SMARTS) is 1. The molecule has 3 unspecified atom stereocenters. The third kappa shape index (κ3) is 7.83. The van der Waals surface area contributed by atoms with Crippen molar-refractivity contribution < 1.29 is 53.6 Å². The number of fused-ring (bicyclic) bond motifs is 7. The Morgan fingerprint density at radius 1 is 1.11 bits per heavy atom. The second-order valence-corrected chi connectivity index (χ2v) is 21.1. The first kappa shape index (κ1) is 45.4. The van der Waals surface area contributed by atoms with Crippen molar-refractivity contribution >= 4 is 52.7 Å². The molecule has 0 spiro atoms. The van der Waals surface area contributed by atoms with Crippen LogP contribution < -0.4 is 16.0 Å². The number of carbonyl (C=O) groups excluding carboxylic acids is 5. The highest BCUT2D eigenvalue weighted by atomic mass is 32.2. The minimum atomic E-state index is -1.38. The monoisotopic (exact) mass is 887 g/mol. The molecule has 0 aromatic heterocycles. The number of hydrogen-bond acceptors (Lipinski definition) is 11. The molecule has 0 radical (unpaired) electrons. The molecule has 1 aromatic carbocycles. The van der Waals surface area contributed by atoms with Gasteiger partial charge >= 0.3 is 5.97 Å². The number of aliphatic carboxylic acids is 1. The lowest BCUT2D eigenvalue weighted by Gasteiger charge is -2.72. The van der Waals surface area contributed by atoms with E-state index in [9.17, 15) is 44.1 Å². The predicted octanol–water partition coefficient (Wildman–Crippen LogP) is 4.43. The second kappa shape index (κ2) is 17.0. The molecule has 1 aliphatic heterocycles. The Kier molecular flexibility index (Phi) is 12.3. The van der Waals surface area contributed by atoms with Crippen LogP contribution in [0.4, 0.5) is 5.69 Å². The summed E-state index contributed by atoms with van der Waals surface area (Å²) >= 11 is 1.41. The van der Waals surface area contributed by atoms with Gasteiger partial charge in [0.15, 0.2) is 23.5 Å². The first-order valence-corrected chi connectivity index (χ1v) is 23.5. The van der Waals surface area contributed by atoms with E-state index in [2.05, 4.69) is 36.4 Å². The van der Waals surface area contributed by atoms with Crippen LogP contribution in [0.25, 0.3) is 0 Å². The predicted molar refractivity (Wildman–Crippen MR) is 234 cm³/mol. The highest BCUT2D eigenvalue weighted by molar-refractivity contribution is 8.00. The SMILES string of the molecule is C=CC(CC)SCC(=O)NCC(=O)N[C@@H](CCC(=O)O)C(=O)Nc1cccc(CC23CC([C@@H]4OC5C[C@H]6C7CCC8=CC(=O)C=C[C@]8(C)[C@H]7[C@@H](O)C[C@]6(C)[C@]5(C(=O)CO)O4)(C2)C3)c1. The molecule has 63 heavy (non-hydrogen) atoms. The summed E-state index contributed by atoms with van der Waals surface area (Å²) in [6.45, 7) is 8.86. The minimum Gasteiger partial charge on any atom is -0.481 e. The fourth-order valence-electron chi connectivity index (χ4n) is 13.4. The maximum Gasteiger partial charge on any atom is 0.303 e. The first-order valence-electron chi connectivity index (χ1n) is 22.5. The highest BCUT2D eigenvalue weighted by Crippen LogP contribution is 2.79. The molecule has 9 rings (SSSR count). The Morgan fingerprint density at radius 3 is 2.57 bits per heavy atom. The van der Waals surface area contributed by atoms with Crippen LogP contribution >= 0.6 is 11.8 Å². The number of thioether (sulfide) groups is 1. The number of carboxylic acids is 1. The molecule has 1 heterocycles. The largest absolute Gasteiger partial charge is 0.481 e. The number of Topliss-reactive ketones (excluding diaryl/α,β-unsaturated/α-hetero) is 1. The molecule has 6 saturated carbocycles. The zero-order chi connectivity index (χ0) is 45.1. The normalized spacial score (nSPS) is 37.6. The van der Waals surface area contributed by atoms with Crippen molar-refractivity contribution in [3.05, 3.63) is 66.3 Å². The summed E-state index contributed by atoms with van der Waals surface area (Å²) in [6, 6.07) is 6.29. The maximum absolute atomic E-state index is 14.1. The number of allylic oxidation sites excluding steroid dienone is 4. The summed E-state index contributed by atoms with van der Waals surface area (Å²) in [6.07, 6.45) is 11.1. The standard InChI is InChI=1S/C48H61N3O11S/c1-5-31(6-2)63-23-39(57)49-21-38(56)51-34(12-13-40(58)59)42(60)50-29-9-7-8-27(16-29)19-46-24-47(25-46,26-46)43-61-37-18-33-32-11-10-28-17-30(53)14-15-44(28,3)41(32)35(54)20-45(33,4)48(37,62-43)36(55)22-52/h5,7-9,14-17,31-35,37,41,43,52,54H,1,6,10-13,18-26H2,2-4H3,(H,49,57)(H,50,60)(H,51,56)(H,58,59)/t31?,32?,33-,34-,35-,37?,41+,43+,44-,45-,46?,47?,48+/m0/s1. The van der Waals surface area contributed by atoms with Crippen LogP contribution in [0.3, 0.4) is 0 Å². The number of anilines is 1. The van der Waals surface area contributed by atoms with Crippen molar-refractivity contribution in [2.24, 2.45) is 39.4 Å². The number of aliphatic hydroxyl groups excluding tert-OH is 2. The summed E-state index contributed by atoms with van der Waals surface area (Å²) < 4.78 is 13.8. The molecule has 7 aliphatic carbocycles. The van der Waals surface area contributed by atoms with Crippen molar-refractivity contribution in [1.29, 1.82) is 0 Å². The molecule has 340 valence electrons. The Balaban J connectivity index is 0.885. The van der Waals surface area contributed by atoms with Crippen molar-refractivity contribution in [3.63, 3.8) is 0 Å². The van der Waals surface area contributed by atoms with Crippen LogP contribution in [0.5, 0.6) is 0 Å². The van der Waals surface area contributed by atoms with Gasteiger partial charge in [-0.25, -0.2) is 0 Å². The van der Waals surface area contributed by atoms with Crippen LogP contribution in [0, 0.1) is 39.4 Å². The number of ketones is 2. The topological polar surface area (TPSA) is 218 Å². The zero-order valence-electron chi connectivity index (χ0n) is 36.4. The van der Waals surface area contributed by atoms with E-state index in [0.717, 1.165) is 56.1 Å². The second-order valence-electron chi connectivity index (χ2n) is 19.9. The third-order valence-corrected chi connectivity index (χ3v) is 17.5. The van der Waals surface area contributed by atoms with E-state index in [1.807, 2.05) is 31.2 Å². The fraction of sp³-hybridized carbons (Fsp3) is 0.625. The summed E-state index contributed by atoms with van der Waals surface area (Å²) in [5.41, 5.74) is -0.362. The van der Waals surface area contributed by atoms with Crippen molar-refractivity contribution in [2.75, 3.05) is 24.2 Å². The molecule has 11 atom stereocenters. The number of hydrogen-bond donors (Lipinski definition) is 6.